The molecule has 0 saturated heterocycles. The Bertz CT molecular complexity index is 617. The van der Waals surface area contributed by atoms with E-state index < -0.39 is 0 Å². The summed E-state index contributed by atoms with van der Waals surface area (Å²) in [6, 6.07) is 9.68. The van der Waals surface area contributed by atoms with E-state index in [1.54, 1.807) is 4.68 Å². The van der Waals surface area contributed by atoms with Gasteiger partial charge in [-0.15, -0.1) is 0 Å². The van der Waals surface area contributed by atoms with Crippen LogP contribution in [0.15, 0.2) is 24.3 Å². The fraction of sp³-hybridized carbons (Fsp3) is 0.286. The molecule has 0 radical (unpaired) electrons. The molecule has 0 saturated carbocycles. The Hall–Kier alpha value is -2.28. The first-order valence-corrected chi connectivity index (χ1v) is 5.89. The van der Waals surface area contributed by atoms with Crippen LogP contribution in [0, 0.1) is 18.3 Å². The van der Waals surface area contributed by atoms with Crippen LogP contribution in [0.3, 0.4) is 0 Å². The van der Waals surface area contributed by atoms with Gasteiger partial charge in [0.25, 0.3) is 0 Å². The highest BCUT2D eigenvalue weighted by Crippen LogP contribution is 2.21. The number of anilines is 1. The van der Waals surface area contributed by atoms with Gasteiger partial charge in [0.05, 0.1) is 23.0 Å². The zero-order valence-electron chi connectivity index (χ0n) is 10.8. The van der Waals surface area contributed by atoms with E-state index in [9.17, 15) is 0 Å². The average molecular weight is 240 g/mol. The average Bonchev–Trinajstić information content (AvgIpc) is 2.72. The molecule has 92 valence electrons. The second kappa shape index (κ2) is 4.53. The van der Waals surface area contributed by atoms with E-state index in [4.69, 9.17) is 11.0 Å². The van der Waals surface area contributed by atoms with Crippen molar-refractivity contribution in [2.24, 2.45) is 0 Å². The van der Waals surface area contributed by atoms with E-state index in [1.807, 2.05) is 31.2 Å². The molecule has 2 N–H and O–H groups in total. The van der Waals surface area contributed by atoms with Crippen molar-refractivity contribution in [3.8, 4) is 11.8 Å². The van der Waals surface area contributed by atoms with Crippen LogP contribution in [0.5, 0.6) is 0 Å². The molecule has 0 aliphatic heterocycles. The molecule has 0 unspecified atom stereocenters. The number of hydrogen-bond acceptors (Lipinski definition) is 3. The molecule has 0 amide bonds. The lowest BCUT2D eigenvalue weighted by Crippen LogP contribution is -2.03. The standard InChI is InChI=1S/C14H16N4/c1-9(2)13-7-14(16)18(17-13)12-5-4-10(3)11(6-12)8-15/h4-7,9H,16H2,1-3H3. The Kier molecular flexibility index (Phi) is 3.07. The van der Waals surface area contributed by atoms with E-state index in [2.05, 4.69) is 25.0 Å². The zero-order chi connectivity index (χ0) is 13.3. The maximum atomic E-state index is 9.04. The molecule has 4 heteroatoms. The summed E-state index contributed by atoms with van der Waals surface area (Å²) in [6.07, 6.45) is 0. The molecule has 0 fully saturated rings. The molecular formula is C14H16N4. The number of nitriles is 1. The third kappa shape index (κ3) is 2.07. The second-order valence-electron chi connectivity index (χ2n) is 4.67. The fourth-order valence-electron chi connectivity index (χ4n) is 1.77. The molecular weight excluding hydrogens is 224 g/mol. The number of nitrogen functional groups attached to an aromatic ring is 1. The van der Waals surface area contributed by atoms with Crippen LogP contribution in [-0.4, -0.2) is 9.78 Å². The predicted molar refractivity (Wildman–Crippen MR) is 71.5 cm³/mol. The van der Waals surface area contributed by atoms with Crippen molar-refractivity contribution in [2.75, 3.05) is 5.73 Å². The molecule has 1 aromatic heterocycles. The summed E-state index contributed by atoms with van der Waals surface area (Å²) in [7, 11) is 0. The van der Waals surface area contributed by atoms with Gasteiger partial charge in [-0.1, -0.05) is 19.9 Å². The number of nitrogens with two attached hydrogens (primary N) is 1. The third-order valence-corrected chi connectivity index (χ3v) is 2.93. The van der Waals surface area contributed by atoms with Gasteiger partial charge < -0.3 is 5.73 Å². The van der Waals surface area contributed by atoms with Crippen LogP contribution >= 0.6 is 0 Å². The van der Waals surface area contributed by atoms with Crippen LogP contribution in [-0.2, 0) is 0 Å². The number of aromatic nitrogens is 2. The molecule has 0 bridgehead atoms. The van der Waals surface area contributed by atoms with Crippen LogP contribution in [0.2, 0.25) is 0 Å². The Morgan fingerprint density at radius 1 is 1.33 bits per heavy atom. The molecule has 0 aliphatic rings. The van der Waals surface area contributed by atoms with Crippen LogP contribution in [0.25, 0.3) is 5.69 Å². The van der Waals surface area contributed by atoms with Crippen LogP contribution in [0.4, 0.5) is 5.82 Å². The normalized spacial score (nSPS) is 10.6. The van der Waals surface area contributed by atoms with Gasteiger partial charge in [0.15, 0.2) is 0 Å². The third-order valence-electron chi connectivity index (χ3n) is 2.93. The highest BCUT2D eigenvalue weighted by atomic mass is 15.3. The molecule has 0 aliphatic carbocycles. The number of rotatable bonds is 2. The Labute approximate surface area is 107 Å². The quantitative estimate of drug-likeness (QED) is 0.877. The molecule has 1 heterocycles. The van der Waals surface area contributed by atoms with Gasteiger partial charge in [0.1, 0.15) is 5.82 Å². The minimum Gasteiger partial charge on any atom is -0.384 e. The largest absolute Gasteiger partial charge is 0.384 e. The van der Waals surface area contributed by atoms with Gasteiger partial charge in [-0.05, 0) is 30.5 Å². The lowest BCUT2D eigenvalue weighted by atomic mass is 10.1. The van der Waals surface area contributed by atoms with E-state index in [0.29, 0.717) is 17.3 Å². The van der Waals surface area contributed by atoms with E-state index >= 15 is 0 Å². The molecule has 0 spiro atoms. The highest BCUT2D eigenvalue weighted by Gasteiger charge is 2.10. The summed E-state index contributed by atoms with van der Waals surface area (Å²) in [5, 5.41) is 13.5. The van der Waals surface area contributed by atoms with Crippen molar-refractivity contribution in [1.82, 2.24) is 9.78 Å². The Morgan fingerprint density at radius 3 is 2.61 bits per heavy atom. The van der Waals surface area contributed by atoms with Gasteiger partial charge in [0, 0.05) is 6.07 Å². The minimum atomic E-state index is 0.328. The van der Waals surface area contributed by atoms with Crippen molar-refractivity contribution in [3.63, 3.8) is 0 Å². The van der Waals surface area contributed by atoms with Gasteiger partial charge >= 0.3 is 0 Å². The summed E-state index contributed by atoms with van der Waals surface area (Å²) < 4.78 is 1.68. The van der Waals surface area contributed by atoms with Gasteiger partial charge in [-0.2, -0.15) is 10.4 Å². The Balaban J connectivity index is 2.52. The van der Waals surface area contributed by atoms with Crippen molar-refractivity contribution in [2.45, 2.75) is 26.7 Å². The van der Waals surface area contributed by atoms with E-state index in [-0.39, 0.29) is 0 Å². The summed E-state index contributed by atoms with van der Waals surface area (Å²) in [4.78, 5) is 0. The summed E-state index contributed by atoms with van der Waals surface area (Å²) >= 11 is 0. The fourth-order valence-corrected chi connectivity index (χ4v) is 1.77. The second-order valence-corrected chi connectivity index (χ2v) is 4.67. The molecule has 2 rings (SSSR count). The molecule has 1 aromatic carbocycles. The minimum absolute atomic E-state index is 0.328. The highest BCUT2D eigenvalue weighted by molar-refractivity contribution is 5.49. The maximum absolute atomic E-state index is 9.04. The predicted octanol–water partition coefficient (Wildman–Crippen LogP) is 2.76. The topological polar surface area (TPSA) is 67.6 Å². The zero-order valence-corrected chi connectivity index (χ0v) is 10.8. The molecule has 2 aromatic rings. The van der Waals surface area contributed by atoms with Crippen molar-refractivity contribution >= 4 is 5.82 Å². The molecule has 18 heavy (non-hydrogen) atoms. The summed E-state index contributed by atoms with van der Waals surface area (Å²) in [5.74, 6) is 0.917. The van der Waals surface area contributed by atoms with Crippen molar-refractivity contribution in [3.05, 3.63) is 41.1 Å². The van der Waals surface area contributed by atoms with Gasteiger partial charge in [-0.3, -0.25) is 0 Å². The van der Waals surface area contributed by atoms with E-state index in [1.165, 1.54) is 0 Å². The summed E-state index contributed by atoms with van der Waals surface area (Å²) in [5.41, 5.74) is 9.33. The Morgan fingerprint density at radius 2 is 2.06 bits per heavy atom. The SMILES string of the molecule is Cc1ccc(-n2nc(C(C)C)cc2N)cc1C#N. The molecule has 0 atom stereocenters. The number of hydrogen-bond donors (Lipinski definition) is 1. The van der Waals surface area contributed by atoms with Crippen LogP contribution in [0.1, 0.15) is 36.6 Å². The first kappa shape index (κ1) is 12.2. The molecule has 4 nitrogen and oxygen atoms in total. The van der Waals surface area contributed by atoms with E-state index in [0.717, 1.165) is 16.9 Å². The first-order chi connectivity index (χ1) is 8.52. The smallest absolute Gasteiger partial charge is 0.127 e. The maximum Gasteiger partial charge on any atom is 0.127 e. The van der Waals surface area contributed by atoms with Crippen molar-refractivity contribution in [1.29, 1.82) is 5.26 Å². The van der Waals surface area contributed by atoms with Crippen LogP contribution < -0.4 is 5.73 Å². The monoisotopic (exact) mass is 240 g/mol. The van der Waals surface area contributed by atoms with Crippen molar-refractivity contribution < 1.29 is 0 Å². The lowest BCUT2D eigenvalue weighted by Gasteiger charge is -2.06. The van der Waals surface area contributed by atoms with Gasteiger partial charge in [-0.25, -0.2) is 4.68 Å². The number of nitrogens with zero attached hydrogens (tertiary/aromatic N) is 3. The number of aryl methyl sites for hydroxylation is 1. The first-order valence-electron chi connectivity index (χ1n) is 5.89. The lowest BCUT2D eigenvalue weighted by molar-refractivity contribution is 0.771. The summed E-state index contributed by atoms with van der Waals surface area (Å²) in [6.45, 7) is 6.05. The number of benzene rings is 1. The van der Waals surface area contributed by atoms with Gasteiger partial charge in [0.2, 0.25) is 0 Å².